The second-order valence-electron chi connectivity index (χ2n) is 4.18. The van der Waals surface area contributed by atoms with Crippen molar-refractivity contribution in [2.24, 2.45) is 5.16 Å². The Bertz CT molecular complexity index is 459. The standard InChI is InChI=1S/C13H13ClINO2/c14-11-3-1-2-4-12(11)16-18-13(17)9-5-7-10(15)8-6-9/h5-8,11H,1-4H2. The monoisotopic (exact) mass is 377 g/mol. The highest BCUT2D eigenvalue weighted by Gasteiger charge is 2.19. The Morgan fingerprint density at radius 2 is 2.06 bits per heavy atom. The zero-order valence-corrected chi connectivity index (χ0v) is 12.6. The maximum Gasteiger partial charge on any atom is 0.365 e. The van der Waals surface area contributed by atoms with Crippen molar-refractivity contribution in [2.75, 3.05) is 0 Å². The van der Waals surface area contributed by atoms with E-state index in [9.17, 15) is 4.79 Å². The molecule has 1 aliphatic rings. The lowest BCUT2D eigenvalue weighted by molar-refractivity contribution is 0.0514. The van der Waals surface area contributed by atoms with Gasteiger partial charge in [-0.1, -0.05) is 11.6 Å². The number of halogens is 2. The summed E-state index contributed by atoms with van der Waals surface area (Å²) < 4.78 is 1.07. The highest BCUT2D eigenvalue weighted by atomic mass is 127. The predicted octanol–water partition coefficient (Wildman–Crippen LogP) is 3.99. The van der Waals surface area contributed by atoms with Gasteiger partial charge in [-0.25, -0.2) is 4.79 Å². The minimum absolute atomic E-state index is 0.0942. The number of benzene rings is 1. The molecule has 1 fully saturated rings. The molecule has 18 heavy (non-hydrogen) atoms. The smallest absolute Gasteiger partial charge is 0.313 e. The zero-order valence-electron chi connectivity index (χ0n) is 9.73. The second-order valence-corrected chi connectivity index (χ2v) is 5.95. The predicted molar refractivity (Wildman–Crippen MR) is 80.1 cm³/mol. The molecule has 0 heterocycles. The summed E-state index contributed by atoms with van der Waals surface area (Å²) in [6.45, 7) is 0. The molecule has 0 bridgehead atoms. The van der Waals surface area contributed by atoms with Crippen LogP contribution in [-0.2, 0) is 4.84 Å². The first-order valence-electron chi connectivity index (χ1n) is 5.84. The lowest BCUT2D eigenvalue weighted by atomic mass is 9.98. The summed E-state index contributed by atoms with van der Waals surface area (Å²) in [4.78, 5) is 16.7. The fourth-order valence-electron chi connectivity index (χ4n) is 1.79. The van der Waals surface area contributed by atoms with E-state index in [1.165, 1.54) is 0 Å². The first-order chi connectivity index (χ1) is 8.66. The van der Waals surface area contributed by atoms with Crippen LogP contribution in [0.5, 0.6) is 0 Å². The van der Waals surface area contributed by atoms with E-state index in [1.54, 1.807) is 12.1 Å². The molecule has 1 unspecified atom stereocenters. The van der Waals surface area contributed by atoms with Crippen molar-refractivity contribution in [3.8, 4) is 0 Å². The average Bonchev–Trinajstić information content (AvgIpc) is 2.38. The van der Waals surface area contributed by atoms with Crippen LogP contribution in [0.3, 0.4) is 0 Å². The Morgan fingerprint density at radius 1 is 1.33 bits per heavy atom. The molecule has 2 rings (SSSR count). The molecule has 1 aromatic carbocycles. The number of nitrogens with zero attached hydrogens (tertiary/aromatic N) is 1. The fourth-order valence-corrected chi connectivity index (χ4v) is 2.46. The number of carbonyl (C=O) groups is 1. The van der Waals surface area contributed by atoms with Crippen LogP contribution in [0, 0.1) is 3.57 Å². The van der Waals surface area contributed by atoms with Gasteiger partial charge in [-0.15, -0.1) is 11.6 Å². The molecule has 0 aromatic heterocycles. The quantitative estimate of drug-likeness (QED) is 0.338. The van der Waals surface area contributed by atoms with Crippen LogP contribution < -0.4 is 0 Å². The lowest BCUT2D eigenvalue weighted by Gasteiger charge is -2.17. The Labute approximate surface area is 125 Å². The number of hydrogen-bond donors (Lipinski definition) is 0. The number of oxime groups is 1. The van der Waals surface area contributed by atoms with Gasteiger partial charge in [0.25, 0.3) is 0 Å². The van der Waals surface area contributed by atoms with E-state index in [1.807, 2.05) is 12.1 Å². The van der Waals surface area contributed by atoms with Crippen molar-refractivity contribution in [1.29, 1.82) is 0 Å². The van der Waals surface area contributed by atoms with Crippen LogP contribution >= 0.6 is 34.2 Å². The molecule has 0 spiro atoms. The van der Waals surface area contributed by atoms with Crippen LogP contribution in [0.2, 0.25) is 0 Å². The van der Waals surface area contributed by atoms with Crippen molar-refractivity contribution in [1.82, 2.24) is 0 Å². The molecule has 96 valence electrons. The SMILES string of the molecule is O=C(ON=C1CCCCC1Cl)c1ccc(I)cc1. The van der Waals surface area contributed by atoms with Gasteiger partial charge in [0.2, 0.25) is 0 Å². The minimum Gasteiger partial charge on any atom is -0.313 e. The first kappa shape index (κ1) is 13.8. The van der Waals surface area contributed by atoms with Crippen LogP contribution in [0.25, 0.3) is 0 Å². The summed E-state index contributed by atoms with van der Waals surface area (Å²) in [5.41, 5.74) is 1.28. The van der Waals surface area contributed by atoms with Gasteiger partial charge < -0.3 is 4.84 Å². The van der Waals surface area contributed by atoms with Gasteiger partial charge in [-0.3, -0.25) is 0 Å². The molecule has 5 heteroatoms. The summed E-state index contributed by atoms with van der Waals surface area (Å²) in [7, 11) is 0. The first-order valence-corrected chi connectivity index (χ1v) is 7.36. The largest absolute Gasteiger partial charge is 0.365 e. The van der Waals surface area contributed by atoms with Crippen LogP contribution in [0.15, 0.2) is 29.4 Å². The van der Waals surface area contributed by atoms with E-state index in [0.29, 0.717) is 5.56 Å². The third-order valence-electron chi connectivity index (χ3n) is 2.83. The minimum atomic E-state index is -0.437. The van der Waals surface area contributed by atoms with Gasteiger partial charge in [0.15, 0.2) is 0 Å². The van der Waals surface area contributed by atoms with Crippen molar-refractivity contribution in [3.63, 3.8) is 0 Å². The highest BCUT2D eigenvalue weighted by Crippen LogP contribution is 2.20. The van der Waals surface area contributed by atoms with E-state index in [2.05, 4.69) is 27.7 Å². The third-order valence-corrected chi connectivity index (χ3v) is 4.02. The van der Waals surface area contributed by atoms with Crippen LogP contribution in [0.1, 0.15) is 36.0 Å². The molecule has 1 aliphatic carbocycles. The van der Waals surface area contributed by atoms with Gasteiger partial charge in [0.05, 0.1) is 16.7 Å². The fraction of sp³-hybridized carbons (Fsp3) is 0.385. The summed E-state index contributed by atoms with van der Waals surface area (Å²) >= 11 is 8.29. The maximum absolute atomic E-state index is 11.7. The second kappa shape index (κ2) is 6.52. The third kappa shape index (κ3) is 3.68. The molecule has 1 aromatic rings. The van der Waals surface area contributed by atoms with Crippen LogP contribution in [0.4, 0.5) is 0 Å². The van der Waals surface area contributed by atoms with Gasteiger partial charge >= 0.3 is 5.97 Å². The number of carbonyl (C=O) groups excluding carboxylic acids is 1. The van der Waals surface area contributed by atoms with Crippen molar-refractivity contribution >= 4 is 45.9 Å². The van der Waals surface area contributed by atoms with E-state index >= 15 is 0 Å². The van der Waals surface area contributed by atoms with E-state index in [4.69, 9.17) is 16.4 Å². The molecule has 0 saturated heterocycles. The molecular weight excluding hydrogens is 365 g/mol. The molecule has 1 atom stereocenters. The van der Waals surface area contributed by atoms with E-state index < -0.39 is 5.97 Å². The van der Waals surface area contributed by atoms with Crippen molar-refractivity contribution in [2.45, 2.75) is 31.1 Å². The molecule has 0 N–H and O–H groups in total. The Hall–Kier alpha value is -0.620. The molecular formula is C13H13ClINO2. The van der Waals surface area contributed by atoms with Gasteiger partial charge in [-0.2, -0.15) is 0 Å². The summed E-state index contributed by atoms with van der Waals surface area (Å²) in [6, 6.07) is 7.16. The molecule has 0 aliphatic heterocycles. The normalized spacial score (nSPS) is 21.9. The van der Waals surface area contributed by atoms with E-state index in [0.717, 1.165) is 35.0 Å². The Morgan fingerprint density at radius 3 is 2.72 bits per heavy atom. The summed E-state index contributed by atoms with van der Waals surface area (Å²) in [5.74, 6) is -0.437. The topological polar surface area (TPSA) is 38.7 Å². The number of rotatable bonds is 2. The van der Waals surface area contributed by atoms with Crippen molar-refractivity contribution < 1.29 is 9.63 Å². The maximum atomic E-state index is 11.7. The molecule has 0 amide bonds. The van der Waals surface area contributed by atoms with Gasteiger partial charge in [0, 0.05) is 3.57 Å². The summed E-state index contributed by atoms with van der Waals surface area (Å²) in [6.07, 6.45) is 3.89. The summed E-state index contributed by atoms with van der Waals surface area (Å²) in [5, 5.41) is 3.80. The van der Waals surface area contributed by atoms with Gasteiger partial charge in [0.1, 0.15) is 0 Å². The molecule has 1 saturated carbocycles. The average molecular weight is 378 g/mol. The highest BCUT2D eigenvalue weighted by molar-refractivity contribution is 14.1. The number of hydrogen-bond acceptors (Lipinski definition) is 3. The zero-order chi connectivity index (χ0) is 13.0. The van der Waals surface area contributed by atoms with Gasteiger partial charge in [-0.05, 0) is 66.1 Å². The molecule has 3 nitrogen and oxygen atoms in total. The molecule has 0 radical (unpaired) electrons. The Balaban J connectivity index is 1.99. The van der Waals surface area contributed by atoms with Crippen molar-refractivity contribution in [3.05, 3.63) is 33.4 Å². The lowest BCUT2D eigenvalue weighted by Crippen LogP contribution is -2.20. The Kier molecular flexibility index (Phi) is 5.00. The number of alkyl halides is 1. The van der Waals surface area contributed by atoms with E-state index in [-0.39, 0.29) is 5.38 Å². The van der Waals surface area contributed by atoms with Crippen LogP contribution in [-0.4, -0.2) is 17.1 Å².